The van der Waals surface area contributed by atoms with Crippen molar-refractivity contribution >= 4 is 0 Å². The zero-order valence-corrected chi connectivity index (χ0v) is 11.1. The van der Waals surface area contributed by atoms with E-state index in [9.17, 15) is 0 Å². The maximum atomic E-state index is 9.12. The number of benzene rings is 1. The van der Waals surface area contributed by atoms with Crippen LogP contribution in [0, 0.1) is 12.3 Å². The molecule has 1 aromatic carbocycles. The van der Waals surface area contributed by atoms with Gasteiger partial charge in [0.1, 0.15) is 12.4 Å². The third-order valence-corrected chi connectivity index (χ3v) is 2.85. The van der Waals surface area contributed by atoms with Crippen LogP contribution in [0.2, 0.25) is 0 Å². The third kappa shape index (κ3) is 5.04. The topological polar surface area (TPSA) is 61.7 Å². The number of ether oxygens (including phenoxy) is 1. The lowest BCUT2D eigenvalue weighted by Crippen LogP contribution is -2.39. The highest BCUT2D eigenvalue weighted by atomic mass is 16.5. The molecule has 1 rings (SSSR count). The van der Waals surface area contributed by atoms with Crippen LogP contribution in [-0.2, 0) is 0 Å². The lowest BCUT2D eigenvalue weighted by molar-refractivity contribution is 0.0691. The van der Waals surface area contributed by atoms with Crippen molar-refractivity contribution in [3.8, 4) is 5.75 Å². The molecule has 3 N–H and O–H groups in total. The number of aryl methyl sites for hydroxylation is 1. The molecular formula is C14H23NO3. The van der Waals surface area contributed by atoms with E-state index in [0.717, 1.165) is 5.75 Å². The predicted octanol–water partition coefficient (Wildman–Crippen LogP) is 0.954. The van der Waals surface area contributed by atoms with E-state index < -0.39 is 5.41 Å². The molecule has 0 saturated heterocycles. The van der Waals surface area contributed by atoms with Crippen LogP contribution in [0.25, 0.3) is 0 Å². The summed E-state index contributed by atoms with van der Waals surface area (Å²) in [6.45, 7) is 5.61. The Bertz CT molecular complexity index is 351. The molecule has 0 fully saturated rings. The SMILES string of the molecule is Cc1cccc(OCCNCC(C)(CO)CO)c1. The van der Waals surface area contributed by atoms with E-state index in [1.807, 2.05) is 38.1 Å². The van der Waals surface area contributed by atoms with Crippen LogP contribution >= 0.6 is 0 Å². The van der Waals surface area contributed by atoms with Crippen molar-refractivity contribution in [1.82, 2.24) is 5.32 Å². The van der Waals surface area contributed by atoms with Gasteiger partial charge in [-0.05, 0) is 24.6 Å². The van der Waals surface area contributed by atoms with Crippen LogP contribution < -0.4 is 10.1 Å². The van der Waals surface area contributed by atoms with Crippen molar-refractivity contribution in [3.05, 3.63) is 29.8 Å². The van der Waals surface area contributed by atoms with Gasteiger partial charge >= 0.3 is 0 Å². The van der Waals surface area contributed by atoms with Gasteiger partial charge < -0.3 is 20.3 Å². The van der Waals surface area contributed by atoms with Crippen molar-refractivity contribution in [2.45, 2.75) is 13.8 Å². The zero-order chi connectivity index (χ0) is 13.4. The van der Waals surface area contributed by atoms with Crippen molar-refractivity contribution in [2.75, 3.05) is 32.9 Å². The van der Waals surface area contributed by atoms with Crippen molar-refractivity contribution in [2.24, 2.45) is 5.41 Å². The Hall–Kier alpha value is -1.10. The summed E-state index contributed by atoms with van der Waals surface area (Å²) in [6.07, 6.45) is 0. The molecule has 0 saturated carbocycles. The van der Waals surface area contributed by atoms with Gasteiger partial charge in [-0.25, -0.2) is 0 Å². The fourth-order valence-corrected chi connectivity index (χ4v) is 1.50. The standard InChI is InChI=1S/C14H23NO3/c1-12-4-3-5-13(8-12)18-7-6-15-9-14(2,10-16)11-17/h3-5,8,15-17H,6-7,9-11H2,1-2H3. The Labute approximate surface area is 109 Å². The van der Waals surface area contributed by atoms with Crippen LogP contribution in [0.4, 0.5) is 0 Å². The van der Waals surface area contributed by atoms with Gasteiger partial charge in [0, 0.05) is 18.5 Å². The molecule has 0 unspecified atom stereocenters. The van der Waals surface area contributed by atoms with Gasteiger partial charge in [-0.1, -0.05) is 19.1 Å². The summed E-state index contributed by atoms with van der Waals surface area (Å²) in [5.41, 5.74) is 0.706. The summed E-state index contributed by atoms with van der Waals surface area (Å²) < 4.78 is 5.58. The smallest absolute Gasteiger partial charge is 0.119 e. The molecule has 1 aromatic rings. The number of rotatable bonds is 8. The maximum Gasteiger partial charge on any atom is 0.119 e. The molecule has 0 atom stereocenters. The van der Waals surface area contributed by atoms with Gasteiger partial charge in [0.15, 0.2) is 0 Å². The van der Waals surface area contributed by atoms with Crippen molar-refractivity contribution in [3.63, 3.8) is 0 Å². The van der Waals surface area contributed by atoms with Gasteiger partial charge in [-0.15, -0.1) is 0 Å². The molecule has 0 heterocycles. The molecule has 0 aliphatic heterocycles. The van der Waals surface area contributed by atoms with Gasteiger partial charge in [0.25, 0.3) is 0 Å². The first-order valence-corrected chi connectivity index (χ1v) is 6.21. The molecule has 0 radical (unpaired) electrons. The summed E-state index contributed by atoms with van der Waals surface area (Å²) in [7, 11) is 0. The Morgan fingerprint density at radius 2 is 2.00 bits per heavy atom. The molecule has 4 nitrogen and oxygen atoms in total. The first-order valence-electron chi connectivity index (χ1n) is 6.21. The fraction of sp³-hybridized carbons (Fsp3) is 0.571. The van der Waals surface area contributed by atoms with Crippen LogP contribution in [0.1, 0.15) is 12.5 Å². The lowest BCUT2D eigenvalue weighted by Gasteiger charge is -2.24. The molecule has 102 valence electrons. The van der Waals surface area contributed by atoms with Gasteiger partial charge in [-0.2, -0.15) is 0 Å². The third-order valence-electron chi connectivity index (χ3n) is 2.85. The first kappa shape index (κ1) is 15.0. The summed E-state index contributed by atoms with van der Waals surface area (Å²) in [5.74, 6) is 0.865. The van der Waals surface area contributed by atoms with Crippen LogP contribution in [-0.4, -0.2) is 43.1 Å². The summed E-state index contributed by atoms with van der Waals surface area (Å²) >= 11 is 0. The first-order chi connectivity index (χ1) is 8.59. The Balaban J connectivity index is 2.19. The maximum absolute atomic E-state index is 9.12. The fourth-order valence-electron chi connectivity index (χ4n) is 1.50. The second-order valence-corrected chi connectivity index (χ2v) is 4.97. The second kappa shape index (κ2) is 7.36. The van der Waals surface area contributed by atoms with Crippen molar-refractivity contribution < 1.29 is 14.9 Å². The highest BCUT2D eigenvalue weighted by Gasteiger charge is 2.21. The molecule has 0 bridgehead atoms. The van der Waals surface area contributed by atoms with Gasteiger partial charge in [0.2, 0.25) is 0 Å². The minimum Gasteiger partial charge on any atom is -0.492 e. The zero-order valence-electron chi connectivity index (χ0n) is 11.1. The van der Waals surface area contributed by atoms with Crippen molar-refractivity contribution in [1.29, 1.82) is 0 Å². The van der Waals surface area contributed by atoms with Crippen LogP contribution in [0.3, 0.4) is 0 Å². The molecule has 0 aliphatic carbocycles. The van der Waals surface area contributed by atoms with E-state index in [-0.39, 0.29) is 13.2 Å². The molecule has 18 heavy (non-hydrogen) atoms. The van der Waals surface area contributed by atoms with E-state index in [1.54, 1.807) is 0 Å². The normalized spacial score (nSPS) is 11.6. The van der Waals surface area contributed by atoms with E-state index >= 15 is 0 Å². The number of hydrogen-bond donors (Lipinski definition) is 3. The highest BCUT2D eigenvalue weighted by molar-refractivity contribution is 5.27. The number of aliphatic hydroxyl groups excluding tert-OH is 2. The van der Waals surface area contributed by atoms with Gasteiger partial charge in [0.05, 0.1) is 13.2 Å². The number of hydrogen-bond acceptors (Lipinski definition) is 4. The average Bonchev–Trinajstić information content (AvgIpc) is 2.38. The summed E-state index contributed by atoms with van der Waals surface area (Å²) in [6, 6.07) is 7.91. The van der Waals surface area contributed by atoms with E-state index in [4.69, 9.17) is 14.9 Å². The monoisotopic (exact) mass is 253 g/mol. The van der Waals surface area contributed by atoms with E-state index in [2.05, 4.69) is 5.32 Å². The molecular weight excluding hydrogens is 230 g/mol. The van der Waals surface area contributed by atoms with Crippen LogP contribution in [0.5, 0.6) is 5.75 Å². The predicted molar refractivity (Wildman–Crippen MR) is 71.8 cm³/mol. The van der Waals surface area contributed by atoms with E-state index in [1.165, 1.54) is 5.56 Å². The number of nitrogens with one attached hydrogen (secondary N) is 1. The Kier molecular flexibility index (Phi) is 6.12. The minimum atomic E-state index is -0.469. The Morgan fingerprint density at radius 3 is 2.61 bits per heavy atom. The van der Waals surface area contributed by atoms with E-state index in [0.29, 0.717) is 19.7 Å². The van der Waals surface area contributed by atoms with Crippen LogP contribution in [0.15, 0.2) is 24.3 Å². The molecule has 0 spiro atoms. The minimum absolute atomic E-state index is 0.0325. The second-order valence-electron chi connectivity index (χ2n) is 4.97. The average molecular weight is 253 g/mol. The lowest BCUT2D eigenvalue weighted by atomic mass is 9.93. The largest absolute Gasteiger partial charge is 0.492 e. The molecule has 4 heteroatoms. The molecule has 0 aromatic heterocycles. The van der Waals surface area contributed by atoms with Gasteiger partial charge in [-0.3, -0.25) is 0 Å². The number of aliphatic hydroxyl groups is 2. The molecule has 0 aliphatic rings. The summed E-state index contributed by atoms with van der Waals surface area (Å²) in [4.78, 5) is 0. The quantitative estimate of drug-likeness (QED) is 0.604. The molecule has 0 amide bonds. The Morgan fingerprint density at radius 1 is 1.28 bits per heavy atom. The highest BCUT2D eigenvalue weighted by Crippen LogP contribution is 2.13. The summed E-state index contributed by atoms with van der Waals surface area (Å²) in [5, 5.41) is 21.4.